The summed E-state index contributed by atoms with van der Waals surface area (Å²) in [5.41, 5.74) is 6.43. The summed E-state index contributed by atoms with van der Waals surface area (Å²) in [6.07, 6.45) is 1.76. The Labute approximate surface area is 416 Å². The van der Waals surface area contributed by atoms with E-state index in [9.17, 15) is 0 Å². The van der Waals surface area contributed by atoms with E-state index in [0.717, 1.165) is 49.3 Å². The summed E-state index contributed by atoms with van der Waals surface area (Å²) in [5, 5.41) is 4.10. The molecule has 0 unspecified atom stereocenters. The summed E-state index contributed by atoms with van der Waals surface area (Å²) >= 11 is 0. The zero-order chi connectivity index (χ0) is 52.3. The number of hydrogen-bond acceptors (Lipinski definition) is 4. The molecule has 0 bridgehead atoms. The molecule has 0 amide bonds. The first kappa shape index (κ1) is 30.9. The monoisotopic (exact) mass is 1050 g/mol. The van der Waals surface area contributed by atoms with Crippen molar-refractivity contribution in [3.8, 4) is 45.3 Å². The molecule has 9 aromatic carbocycles. The van der Waals surface area contributed by atoms with E-state index in [0.29, 0.717) is 34.4 Å². The maximum Gasteiger partial charge on any atom is 0.135 e. The molecule has 0 spiro atoms. The van der Waals surface area contributed by atoms with Gasteiger partial charge in [0.2, 0.25) is 0 Å². The standard InChI is InChI=1S/C60H38N5O.Pt/c1-3-19-41(20-4-1)45-28-18-29-46(42-21-5-2-6-22-42)60(45)63-40-62(54-33-13-14-34-55(54)63)43-23-17-24-44(37-43)66-58-39-56-50(49-27-9-12-32-53(49)65(56)59-35-15-16-36-61-59)38-57(58)64-51-30-10-7-25-47(51)48-26-8-11-31-52(48)64;/h1-36,38,40H;/q-3;/i1D,2D,3D,4D,5D,6D,19D,20D,21D,22D;. The molecule has 0 radical (unpaired) electrons. The fraction of sp³-hybridized carbons (Fsp3) is 0. The Hall–Kier alpha value is -8.18. The van der Waals surface area contributed by atoms with E-state index in [2.05, 4.69) is 63.7 Å². The van der Waals surface area contributed by atoms with Gasteiger partial charge in [0.15, 0.2) is 0 Å². The summed E-state index contributed by atoms with van der Waals surface area (Å²) in [7, 11) is 0. The molecule has 1 aliphatic rings. The van der Waals surface area contributed by atoms with Gasteiger partial charge in [-0.15, -0.1) is 42.7 Å². The van der Waals surface area contributed by atoms with Crippen LogP contribution in [0.25, 0.3) is 77.4 Å². The molecule has 6 nitrogen and oxygen atoms in total. The second-order valence-electron chi connectivity index (χ2n) is 15.7. The van der Waals surface area contributed by atoms with Crippen molar-refractivity contribution in [1.29, 1.82) is 0 Å². The van der Waals surface area contributed by atoms with Gasteiger partial charge in [0.25, 0.3) is 0 Å². The Bertz CT molecular complexity index is 4210. The molecule has 0 atom stereocenters. The van der Waals surface area contributed by atoms with Crippen molar-refractivity contribution in [1.82, 2.24) is 14.1 Å². The van der Waals surface area contributed by atoms with Gasteiger partial charge in [-0.1, -0.05) is 162 Å². The van der Waals surface area contributed by atoms with Crippen LogP contribution in [-0.2, 0) is 21.1 Å². The number of hydrogen-bond donors (Lipinski definition) is 0. The number of rotatable bonds is 8. The predicted octanol–water partition coefficient (Wildman–Crippen LogP) is 15.4. The number of para-hydroxylation sites is 6. The first-order valence-corrected chi connectivity index (χ1v) is 21.3. The molecule has 12 aromatic rings. The fourth-order valence-corrected chi connectivity index (χ4v) is 9.26. The van der Waals surface area contributed by atoms with E-state index in [1.807, 2.05) is 102 Å². The van der Waals surface area contributed by atoms with Crippen LogP contribution in [0.2, 0.25) is 0 Å². The minimum Gasteiger partial charge on any atom is -0.507 e. The average Bonchev–Trinajstić information content (AvgIpc) is 4.32. The molecular weight excluding hydrogens is 1000 g/mol. The Morgan fingerprint density at radius 2 is 1.04 bits per heavy atom. The third kappa shape index (κ3) is 6.71. The molecule has 13 rings (SSSR count). The van der Waals surface area contributed by atoms with Crippen molar-refractivity contribution in [2.24, 2.45) is 0 Å². The third-order valence-electron chi connectivity index (χ3n) is 12.0. The first-order valence-electron chi connectivity index (χ1n) is 26.3. The Balaban J connectivity index is 0.00000596. The van der Waals surface area contributed by atoms with Crippen LogP contribution in [0.15, 0.2) is 224 Å². The predicted molar refractivity (Wildman–Crippen MR) is 269 cm³/mol. The molecule has 7 heteroatoms. The summed E-state index contributed by atoms with van der Waals surface area (Å²) < 4.78 is 99.1. The molecule has 67 heavy (non-hydrogen) atoms. The SMILES string of the molecule is [2H]c1c([2H])c([2H])c(-c2cccc(-c3c([2H])c([2H])c([2H])c([2H])c3[2H])c2N2[CH-]N(c3[c-]c(Oc4[c-]c5c(cc4-n4c6ccccc6c6ccccc64)c4ccccc4n5-c4ccccn4)ccc3)c3ccccc32)c([2H])c1[2H].[Pt]. The van der Waals surface area contributed by atoms with Gasteiger partial charge in [0, 0.05) is 94.3 Å². The number of nitrogens with zero attached hydrogens (tertiary/aromatic N) is 5. The van der Waals surface area contributed by atoms with Crippen molar-refractivity contribution in [3.63, 3.8) is 0 Å². The van der Waals surface area contributed by atoms with Crippen LogP contribution in [0.1, 0.15) is 13.7 Å². The van der Waals surface area contributed by atoms with E-state index < -0.39 is 60.4 Å². The molecule has 4 heterocycles. The maximum absolute atomic E-state index is 9.10. The van der Waals surface area contributed by atoms with Crippen molar-refractivity contribution < 1.29 is 39.5 Å². The van der Waals surface area contributed by atoms with Gasteiger partial charge in [0.1, 0.15) is 5.82 Å². The Kier molecular flexibility index (Phi) is 7.68. The second kappa shape index (κ2) is 16.7. The van der Waals surface area contributed by atoms with Crippen molar-refractivity contribution >= 4 is 66.4 Å². The van der Waals surface area contributed by atoms with Crippen molar-refractivity contribution in [2.75, 3.05) is 9.80 Å². The zero-order valence-corrected chi connectivity index (χ0v) is 37.4. The van der Waals surface area contributed by atoms with E-state index in [-0.39, 0.29) is 49.0 Å². The normalized spacial score (nSPS) is 14.3. The smallest absolute Gasteiger partial charge is 0.135 e. The topological polar surface area (TPSA) is 38.5 Å². The summed E-state index contributed by atoms with van der Waals surface area (Å²) in [4.78, 5) is 8.39. The van der Waals surface area contributed by atoms with Crippen molar-refractivity contribution in [3.05, 3.63) is 243 Å². The summed E-state index contributed by atoms with van der Waals surface area (Å²) in [6, 6.07) is 52.5. The number of fused-ring (bicyclic) bond motifs is 7. The zero-order valence-electron chi connectivity index (χ0n) is 45.1. The largest absolute Gasteiger partial charge is 0.507 e. The first-order chi connectivity index (χ1) is 36.9. The van der Waals surface area contributed by atoms with Gasteiger partial charge in [0.05, 0.1) is 13.7 Å². The summed E-state index contributed by atoms with van der Waals surface area (Å²) in [5.74, 6) is 1.47. The Morgan fingerprint density at radius 1 is 0.493 bits per heavy atom. The van der Waals surface area contributed by atoms with Crippen LogP contribution < -0.4 is 14.5 Å². The number of pyridine rings is 1. The van der Waals surface area contributed by atoms with Gasteiger partial charge >= 0.3 is 0 Å². The quantitative estimate of drug-likeness (QED) is 0.142. The van der Waals surface area contributed by atoms with Crippen LogP contribution in [0.4, 0.5) is 22.7 Å². The molecular formula is C60H38N5OPt-3. The van der Waals surface area contributed by atoms with E-state index in [4.69, 9.17) is 23.4 Å². The van der Waals surface area contributed by atoms with Crippen LogP contribution >= 0.6 is 0 Å². The number of anilines is 4. The Morgan fingerprint density at radius 3 is 1.67 bits per heavy atom. The number of ether oxygens (including phenoxy) is 1. The molecule has 0 saturated carbocycles. The van der Waals surface area contributed by atoms with Gasteiger partial charge in [-0.3, -0.25) is 0 Å². The maximum atomic E-state index is 9.10. The van der Waals surface area contributed by atoms with Gasteiger partial charge in [-0.05, 0) is 64.7 Å². The van der Waals surface area contributed by atoms with E-state index in [1.54, 1.807) is 36.0 Å². The van der Waals surface area contributed by atoms with E-state index in [1.165, 1.54) is 0 Å². The van der Waals surface area contributed by atoms with E-state index >= 15 is 0 Å². The second-order valence-corrected chi connectivity index (χ2v) is 15.7. The summed E-state index contributed by atoms with van der Waals surface area (Å²) in [6.45, 7) is 1.75. The van der Waals surface area contributed by atoms with Gasteiger partial charge < -0.3 is 23.7 Å². The molecule has 0 saturated heterocycles. The molecule has 1 aliphatic heterocycles. The third-order valence-corrected chi connectivity index (χ3v) is 12.0. The minimum atomic E-state index is -0.570. The van der Waals surface area contributed by atoms with Gasteiger partial charge in [-0.25, -0.2) is 4.98 Å². The van der Waals surface area contributed by atoms with Crippen molar-refractivity contribution in [2.45, 2.75) is 0 Å². The number of aromatic nitrogens is 3. The van der Waals surface area contributed by atoms with Crippen LogP contribution in [0.3, 0.4) is 0 Å². The molecule has 0 N–H and O–H groups in total. The molecule has 322 valence electrons. The molecule has 3 aromatic heterocycles. The molecule has 0 aliphatic carbocycles. The fourth-order valence-electron chi connectivity index (χ4n) is 9.26. The van der Waals surface area contributed by atoms with Crippen LogP contribution in [-0.4, -0.2) is 14.1 Å². The number of benzene rings is 9. The van der Waals surface area contributed by atoms with Gasteiger partial charge in [-0.2, -0.15) is 6.07 Å². The average molecular weight is 1050 g/mol. The van der Waals surface area contributed by atoms with Crippen LogP contribution in [0.5, 0.6) is 11.5 Å². The van der Waals surface area contributed by atoms with Crippen LogP contribution in [0, 0.1) is 18.8 Å². The molecule has 0 fully saturated rings. The minimum absolute atomic E-state index is 0.